The quantitative estimate of drug-likeness (QED) is 0.715. The van der Waals surface area contributed by atoms with Crippen molar-refractivity contribution < 1.29 is 18.8 Å². The molecule has 0 spiro atoms. The molecule has 0 aromatic carbocycles. The number of hydrogen-bond donors (Lipinski definition) is 3. The van der Waals surface area contributed by atoms with E-state index in [0.717, 1.165) is 0 Å². The summed E-state index contributed by atoms with van der Waals surface area (Å²) in [7, 11) is 0. The average Bonchev–Trinajstić information content (AvgIpc) is 3.27. The monoisotopic (exact) mass is 348 g/mol. The van der Waals surface area contributed by atoms with Crippen molar-refractivity contribution in [2.24, 2.45) is 0 Å². The molecule has 1 aliphatic heterocycles. The van der Waals surface area contributed by atoms with Gasteiger partial charge in [-0.25, -0.2) is 4.98 Å². The molecule has 9 heteroatoms. The Kier molecular flexibility index (Phi) is 4.90. The summed E-state index contributed by atoms with van der Waals surface area (Å²) in [5.41, 5.74) is 0.572. The number of hydrogen-bond acceptors (Lipinski definition) is 6. The fourth-order valence-corrected chi connectivity index (χ4v) is 2.99. The molecule has 0 radical (unpaired) electrons. The molecule has 0 bridgehead atoms. The molecule has 1 saturated heterocycles. The maximum atomic E-state index is 12.0. The van der Waals surface area contributed by atoms with Crippen LogP contribution in [0.4, 0.5) is 5.13 Å². The summed E-state index contributed by atoms with van der Waals surface area (Å²) in [4.78, 5) is 39.2. The molecular weight excluding hydrogens is 332 g/mol. The van der Waals surface area contributed by atoms with Crippen LogP contribution < -0.4 is 16.0 Å². The molecule has 3 heterocycles. The lowest BCUT2D eigenvalue weighted by Gasteiger charge is -2.08. The van der Waals surface area contributed by atoms with Gasteiger partial charge >= 0.3 is 0 Å². The van der Waals surface area contributed by atoms with Crippen LogP contribution in [0.15, 0.2) is 28.2 Å². The van der Waals surface area contributed by atoms with Gasteiger partial charge in [-0.05, 0) is 18.6 Å². The van der Waals surface area contributed by atoms with E-state index in [9.17, 15) is 14.4 Å². The highest BCUT2D eigenvalue weighted by atomic mass is 32.1. The van der Waals surface area contributed by atoms with Crippen LogP contribution in [0.1, 0.15) is 24.3 Å². The lowest BCUT2D eigenvalue weighted by Crippen LogP contribution is -2.37. The SMILES string of the molecule is O=C(Cc1csc(NC(=O)C2CCC(=O)N2)n1)NCc1ccco1. The number of carbonyl (C=O) groups excluding carboxylic acids is 3. The molecular formula is C15H16N4O4S. The molecule has 1 fully saturated rings. The largest absolute Gasteiger partial charge is 0.467 e. The number of anilines is 1. The predicted octanol–water partition coefficient (Wildman–Crippen LogP) is 0.812. The number of thiazole rings is 1. The molecule has 3 N–H and O–H groups in total. The van der Waals surface area contributed by atoms with Gasteiger partial charge in [0.1, 0.15) is 11.8 Å². The number of carbonyl (C=O) groups is 3. The van der Waals surface area contributed by atoms with Gasteiger partial charge in [-0.3, -0.25) is 14.4 Å². The first-order valence-electron chi connectivity index (χ1n) is 7.44. The molecule has 2 aromatic heterocycles. The highest BCUT2D eigenvalue weighted by Crippen LogP contribution is 2.17. The van der Waals surface area contributed by atoms with Crippen LogP contribution in [0.25, 0.3) is 0 Å². The van der Waals surface area contributed by atoms with Gasteiger partial charge < -0.3 is 20.4 Å². The van der Waals surface area contributed by atoms with Crippen molar-refractivity contribution in [3.8, 4) is 0 Å². The van der Waals surface area contributed by atoms with Gasteiger partial charge in [-0.1, -0.05) is 0 Å². The van der Waals surface area contributed by atoms with Gasteiger partial charge in [0.15, 0.2) is 5.13 Å². The number of nitrogens with one attached hydrogen (secondary N) is 3. The van der Waals surface area contributed by atoms with E-state index in [4.69, 9.17) is 4.42 Å². The summed E-state index contributed by atoms with van der Waals surface area (Å²) in [6, 6.07) is 3.02. The number of amides is 3. The van der Waals surface area contributed by atoms with E-state index in [1.807, 2.05) is 0 Å². The van der Waals surface area contributed by atoms with E-state index in [2.05, 4.69) is 20.9 Å². The van der Waals surface area contributed by atoms with Crippen molar-refractivity contribution in [3.63, 3.8) is 0 Å². The Morgan fingerprint density at radius 2 is 2.33 bits per heavy atom. The highest BCUT2D eigenvalue weighted by Gasteiger charge is 2.27. The summed E-state index contributed by atoms with van der Waals surface area (Å²) in [5.74, 6) is 0.0815. The van der Waals surface area contributed by atoms with Gasteiger partial charge in [-0.15, -0.1) is 11.3 Å². The Balaban J connectivity index is 1.47. The topological polar surface area (TPSA) is 113 Å². The van der Waals surface area contributed by atoms with Crippen molar-refractivity contribution >= 4 is 34.2 Å². The standard InChI is InChI=1S/C15H16N4O4S/c20-12-4-3-11(18-12)14(22)19-15-17-9(8-24-15)6-13(21)16-7-10-2-1-5-23-10/h1-2,5,8,11H,3-4,6-7H2,(H,16,21)(H,18,20)(H,17,19,22). The van der Waals surface area contributed by atoms with Gasteiger partial charge in [-0.2, -0.15) is 0 Å². The van der Waals surface area contributed by atoms with Crippen LogP contribution in [-0.2, 0) is 27.3 Å². The summed E-state index contributed by atoms with van der Waals surface area (Å²) in [6.45, 7) is 0.320. The van der Waals surface area contributed by atoms with E-state index in [1.54, 1.807) is 23.8 Å². The Bertz CT molecular complexity index is 741. The third-order valence-corrected chi connectivity index (χ3v) is 4.28. The first-order chi connectivity index (χ1) is 11.6. The Morgan fingerprint density at radius 1 is 1.46 bits per heavy atom. The summed E-state index contributed by atoms with van der Waals surface area (Å²) in [6.07, 6.45) is 2.51. The lowest BCUT2D eigenvalue weighted by molar-refractivity contribution is -0.122. The highest BCUT2D eigenvalue weighted by molar-refractivity contribution is 7.13. The fraction of sp³-hybridized carbons (Fsp3) is 0.333. The van der Waals surface area contributed by atoms with Crippen molar-refractivity contribution in [3.05, 3.63) is 35.2 Å². The zero-order valence-corrected chi connectivity index (χ0v) is 13.5. The number of aromatic nitrogens is 1. The van der Waals surface area contributed by atoms with Crippen LogP contribution in [0, 0.1) is 0 Å². The van der Waals surface area contributed by atoms with Crippen molar-refractivity contribution in [2.45, 2.75) is 31.8 Å². The van der Waals surface area contributed by atoms with Crippen LogP contribution in [0.5, 0.6) is 0 Å². The maximum Gasteiger partial charge on any atom is 0.248 e. The number of rotatable bonds is 6. The van der Waals surface area contributed by atoms with Crippen molar-refractivity contribution in [2.75, 3.05) is 5.32 Å². The van der Waals surface area contributed by atoms with Crippen molar-refractivity contribution in [1.82, 2.24) is 15.6 Å². The van der Waals surface area contributed by atoms with E-state index < -0.39 is 6.04 Å². The Hall–Kier alpha value is -2.68. The van der Waals surface area contributed by atoms with Crippen LogP contribution >= 0.6 is 11.3 Å². The summed E-state index contributed by atoms with van der Waals surface area (Å²) < 4.78 is 5.13. The smallest absolute Gasteiger partial charge is 0.248 e. The van der Waals surface area contributed by atoms with Crippen LogP contribution in [0.2, 0.25) is 0 Å². The van der Waals surface area contributed by atoms with Gasteiger partial charge in [0.2, 0.25) is 17.7 Å². The van der Waals surface area contributed by atoms with Crippen molar-refractivity contribution in [1.29, 1.82) is 0 Å². The molecule has 3 rings (SSSR count). The first kappa shape index (κ1) is 16.2. The molecule has 1 atom stereocenters. The van der Waals surface area contributed by atoms with Crippen LogP contribution in [0.3, 0.4) is 0 Å². The zero-order valence-electron chi connectivity index (χ0n) is 12.7. The first-order valence-corrected chi connectivity index (χ1v) is 8.32. The number of furan rings is 1. The van der Waals surface area contributed by atoms with Gasteiger partial charge in [0, 0.05) is 11.8 Å². The molecule has 0 aliphatic carbocycles. The van der Waals surface area contributed by atoms with E-state index >= 15 is 0 Å². The third kappa shape index (κ3) is 4.19. The summed E-state index contributed by atoms with van der Waals surface area (Å²) >= 11 is 1.24. The molecule has 1 aliphatic rings. The lowest BCUT2D eigenvalue weighted by atomic mass is 10.2. The molecule has 0 saturated carbocycles. The maximum absolute atomic E-state index is 12.0. The molecule has 8 nitrogen and oxygen atoms in total. The van der Waals surface area contributed by atoms with Gasteiger partial charge in [0.05, 0.1) is 24.9 Å². The van der Waals surface area contributed by atoms with Gasteiger partial charge in [0.25, 0.3) is 0 Å². The molecule has 24 heavy (non-hydrogen) atoms. The fourth-order valence-electron chi connectivity index (χ4n) is 2.27. The second-order valence-corrected chi connectivity index (χ2v) is 6.18. The summed E-state index contributed by atoms with van der Waals surface area (Å²) in [5, 5.41) is 10.1. The molecule has 2 aromatic rings. The van der Waals surface area contributed by atoms with E-state index in [-0.39, 0.29) is 24.1 Å². The number of nitrogens with zero attached hydrogens (tertiary/aromatic N) is 1. The molecule has 126 valence electrons. The normalized spacial score (nSPS) is 16.7. The van der Waals surface area contributed by atoms with E-state index in [0.29, 0.717) is 36.0 Å². The van der Waals surface area contributed by atoms with Crippen LogP contribution in [-0.4, -0.2) is 28.7 Å². The second-order valence-electron chi connectivity index (χ2n) is 5.32. The Morgan fingerprint density at radius 3 is 3.04 bits per heavy atom. The predicted molar refractivity (Wildman–Crippen MR) is 86.2 cm³/mol. The average molecular weight is 348 g/mol. The third-order valence-electron chi connectivity index (χ3n) is 3.48. The molecule has 1 unspecified atom stereocenters. The zero-order chi connectivity index (χ0) is 16.9. The minimum absolute atomic E-state index is 0.118. The molecule has 3 amide bonds. The minimum Gasteiger partial charge on any atom is -0.467 e. The van der Waals surface area contributed by atoms with E-state index in [1.165, 1.54) is 11.3 Å². The Labute approximate surface area is 141 Å². The second kappa shape index (κ2) is 7.26. The minimum atomic E-state index is -0.513.